The third kappa shape index (κ3) is 3.55. The van der Waals surface area contributed by atoms with Crippen LogP contribution in [0.3, 0.4) is 0 Å². The highest BCUT2D eigenvalue weighted by atomic mass is 16.3. The van der Waals surface area contributed by atoms with E-state index in [1.54, 1.807) is 6.26 Å². The summed E-state index contributed by atoms with van der Waals surface area (Å²) >= 11 is 0. The van der Waals surface area contributed by atoms with E-state index in [4.69, 9.17) is 15.1 Å². The molecule has 0 spiro atoms. The molecule has 0 aliphatic heterocycles. The molecule has 2 N–H and O–H groups in total. The minimum atomic E-state index is -0.0512. The number of hydrogen-bond acceptors (Lipinski definition) is 3. The van der Waals surface area contributed by atoms with Gasteiger partial charge in [-0.1, -0.05) is 65.0 Å². The van der Waals surface area contributed by atoms with E-state index in [2.05, 4.69) is 57.2 Å². The van der Waals surface area contributed by atoms with Crippen molar-refractivity contribution in [2.75, 3.05) is 5.73 Å². The zero-order chi connectivity index (χ0) is 20.8. The molecule has 3 aromatic heterocycles. The molecule has 0 bridgehead atoms. The Bertz CT molecular complexity index is 1140. The van der Waals surface area contributed by atoms with Gasteiger partial charge in [0.25, 0.3) is 0 Å². The second-order valence-corrected chi connectivity index (χ2v) is 9.59. The molecule has 0 radical (unpaired) electrons. The number of hydrogen-bond donors (Lipinski definition) is 1. The molecule has 0 aliphatic carbocycles. The lowest BCUT2D eigenvalue weighted by atomic mass is 9.74. The van der Waals surface area contributed by atoms with Gasteiger partial charge < -0.3 is 10.2 Å². The number of nitrogens with zero attached hydrogens (tertiary/aromatic N) is 2. The topological polar surface area (TPSA) is 56.5 Å². The van der Waals surface area contributed by atoms with Crippen LogP contribution in [0.2, 0.25) is 0 Å². The summed E-state index contributed by atoms with van der Waals surface area (Å²) in [5.41, 5.74) is 11.7. The Hall–Kier alpha value is -3.01. The maximum Gasteiger partial charge on any atom is 0.139 e. The molecule has 3 heterocycles. The van der Waals surface area contributed by atoms with Crippen LogP contribution in [-0.4, -0.2) is 9.38 Å². The fraction of sp³-hybridized carbons (Fsp3) is 0.320. The number of nitrogens with two attached hydrogens (primary N) is 1. The average molecular weight is 388 g/mol. The van der Waals surface area contributed by atoms with Crippen molar-refractivity contribution in [3.8, 4) is 22.6 Å². The van der Waals surface area contributed by atoms with Crippen LogP contribution in [0.5, 0.6) is 0 Å². The van der Waals surface area contributed by atoms with Crippen molar-refractivity contribution in [2.24, 2.45) is 5.41 Å². The highest BCUT2D eigenvalue weighted by Crippen LogP contribution is 2.40. The first-order valence-corrected chi connectivity index (χ1v) is 10.1. The normalized spacial score (nSPS) is 12.6. The van der Waals surface area contributed by atoms with Gasteiger partial charge in [0.05, 0.1) is 6.26 Å². The number of aromatic nitrogens is 2. The van der Waals surface area contributed by atoms with E-state index in [0.717, 1.165) is 34.6 Å². The summed E-state index contributed by atoms with van der Waals surface area (Å²) in [5.74, 6) is 1.47. The zero-order valence-electron chi connectivity index (χ0n) is 17.9. The van der Waals surface area contributed by atoms with Gasteiger partial charge in [0, 0.05) is 22.2 Å². The molecular formula is C25H29N3O. The molecule has 0 aliphatic rings. The number of anilines is 1. The van der Waals surface area contributed by atoms with Crippen LogP contribution in [0.25, 0.3) is 28.2 Å². The molecule has 0 fully saturated rings. The largest absolute Gasteiger partial charge is 0.464 e. The van der Waals surface area contributed by atoms with Crippen molar-refractivity contribution < 1.29 is 4.42 Å². The van der Waals surface area contributed by atoms with Gasteiger partial charge in [-0.25, -0.2) is 4.98 Å². The summed E-state index contributed by atoms with van der Waals surface area (Å²) in [6, 6.07) is 18.2. The van der Waals surface area contributed by atoms with Crippen LogP contribution in [0.1, 0.15) is 46.7 Å². The van der Waals surface area contributed by atoms with Crippen LogP contribution in [-0.2, 0) is 5.41 Å². The Morgan fingerprint density at radius 3 is 2.28 bits per heavy atom. The number of pyridine rings is 1. The van der Waals surface area contributed by atoms with Crippen LogP contribution in [0.4, 0.5) is 5.82 Å². The standard InChI is InChI=1S/C25H29N3O/c1-24(2,3)16-25(4,5)20-13-8-14-21-27-22(23(26)28(20)21)18-11-7-6-10-17(18)19-12-9-15-29-19/h6-15H,16,26H2,1-5H3. The Morgan fingerprint density at radius 2 is 1.62 bits per heavy atom. The first kappa shape index (κ1) is 19.3. The van der Waals surface area contributed by atoms with Crippen molar-refractivity contribution in [1.82, 2.24) is 9.38 Å². The van der Waals surface area contributed by atoms with Gasteiger partial charge in [-0.3, -0.25) is 4.40 Å². The lowest BCUT2D eigenvalue weighted by Crippen LogP contribution is -2.27. The van der Waals surface area contributed by atoms with Gasteiger partial charge in [-0.15, -0.1) is 0 Å². The van der Waals surface area contributed by atoms with Crippen molar-refractivity contribution >= 4 is 11.5 Å². The number of fused-ring (bicyclic) bond motifs is 1. The number of imidazole rings is 1. The molecule has 4 heteroatoms. The highest BCUT2D eigenvalue weighted by molar-refractivity contribution is 5.86. The van der Waals surface area contributed by atoms with Gasteiger partial charge in [-0.05, 0) is 36.1 Å². The minimum Gasteiger partial charge on any atom is -0.464 e. The third-order valence-electron chi connectivity index (χ3n) is 5.31. The molecule has 150 valence electrons. The van der Waals surface area contributed by atoms with Crippen LogP contribution < -0.4 is 5.73 Å². The molecule has 0 amide bonds. The van der Waals surface area contributed by atoms with Crippen molar-refractivity contribution in [3.63, 3.8) is 0 Å². The molecule has 1 aromatic carbocycles. The van der Waals surface area contributed by atoms with Crippen LogP contribution in [0, 0.1) is 5.41 Å². The number of benzene rings is 1. The lowest BCUT2D eigenvalue weighted by molar-refractivity contribution is 0.278. The van der Waals surface area contributed by atoms with Crippen LogP contribution in [0.15, 0.2) is 65.3 Å². The summed E-state index contributed by atoms with van der Waals surface area (Å²) in [7, 11) is 0. The molecule has 0 unspecified atom stereocenters. The third-order valence-corrected chi connectivity index (χ3v) is 5.31. The fourth-order valence-corrected chi connectivity index (χ4v) is 4.60. The number of nitrogen functional groups attached to an aromatic ring is 1. The molecule has 29 heavy (non-hydrogen) atoms. The fourth-order valence-electron chi connectivity index (χ4n) is 4.60. The second-order valence-electron chi connectivity index (χ2n) is 9.59. The molecule has 0 saturated carbocycles. The molecule has 4 aromatic rings. The van der Waals surface area contributed by atoms with Gasteiger partial charge >= 0.3 is 0 Å². The summed E-state index contributed by atoms with van der Waals surface area (Å²) in [4.78, 5) is 4.92. The Labute approximate surface area is 172 Å². The number of rotatable bonds is 4. The van der Waals surface area contributed by atoms with Gasteiger partial charge in [-0.2, -0.15) is 0 Å². The van der Waals surface area contributed by atoms with Gasteiger partial charge in [0.1, 0.15) is 22.9 Å². The van der Waals surface area contributed by atoms with E-state index in [1.807, 2.05) is 36.4 Å². The Balaban J connectivity index is 1.92. The lowest BCUT2D eigenvalue weighted by Gasteiger charge is -2.33. The molecule has 4 nitrogen and oxygen atoms in total. The van der Waals surface area contributed by atoms with E-state index < -0.39 is 0 Å². The maximum atomic E-state index is 6.72. The van der Waals surface area contributed by atoms with E-state index >= 15 is 0 Å². The summed E-state index contributed by atoms with van der Waals surface area (Å²) in [5, 5.41) is 0. The van der Waals surface area contributed by atoms with E-state index in [0.29, 0.717) is 5.82 Å². The Morgan fingerprint density at radius 1 is 0.897 bits per heavy atom. The first-order chi connectivity index (χ1) is 13.7. The van der Waals surface area contributed by atoms with Crippen molar-refractivity contribution in [1.29, 1.82) is 0 Å². The summed E-state index contributed by atoms with van der Waals surface area (Å²) < 4.78 is 7.76. The predicted molar refractivity (Wildman–Crippen MR) is 120 cm³/mol. The molecule has 0 saturated heterocycles. The van der Waals surface area contributed by atoms with Gasteiger partial charge in [0.2, 0.25) is 0 Å². The quantitative estimate of drug-likeness (QED) is 0.431. The predicted octanol–water partition coefficient (Wildman–Crippen LogP) is 6.56. The zero-order valence-corrected chi connectivity index (χ0v) is 17.9. The minimum absolute atomic E-state index is 0.0512. The SMILES string of the molecule is CC(C)(C)CC(C)(C)c1cccc2nc(-c3ccccc3-c3ccco3)c(N)n12. The van der Waals surface area contributed by atoms with E-state index in [-0.39, 0.29) is 10.8 Å². The summed E-state index contributed by atoms with van der Waals surface area (Å²) in [6.45, 7) is 11.4. The van der Waals surface area contributed by atoms with Crippen molar-refractivity contribution in [2.45, 2.75) is 46.5 Å². The molecule has 4 rings (SSSR count). The average Bonchev–Trinajstić information content (AvgIpc) is 3.28. The molecular weight excluding hydrogens is 358 g/mol. The Kier molecular flexibility index (Phi) is 4.53. The van der Waals surface area contributed by atoms with E-state index in [9.17, 15) is 0 Å². The highest BCUT2D eigenvalue weighted by Gasteiger charge is 2.30. The van der Waals surface area contributed by atoms with Crippen molar-refractivity contribution in [3.05, 3.63) is 66.6 Å². The van der Waals surface area contributed by atoms with E-state index in [1.165, 1.54) is 5.69 Å². The second kappa shape index (κ2) is 6.80. The van der Waals surface area contributed by atoms with Crippen LogP contribution >= 0.6 is 0 Å². The molecule has 0 atom stereocenters. The summed E-state index contributed by atoms with van der Waals surface area (Å²) in [6.07, 6.45) is 2.72. The maximum absolute atomic E-state index is 6.72. The smallest absolute Gasteiger partial charge is 0.139 e. The van der Waals surface area contributed by atoms with Gasteiger partial charge in [0.15, 0.2) is 0 Å². The number of furan rings is 1. The monoisotopic (exact) mass is 387 g/mol. The first-order valence-electron chi connectivity index (χ1n) is 10.1.